The van der Waals surface area contributed by atoms with Gasteiger partial charge in [0, 0.05) is 38.4 Å². The Morgan fingerprint density at radius 2 is 1.94 bits per heavy atom. The number of aromatic nitrogens is 5. The summed E-state index contributed by atoms with van der Waals surface area (Å²) in [6, 6.07) is 12.5. The molecule has 0 amide bonds. The van der Waals surface area contributed by atoms with Crippen molar-refractivity contribution in [2.45, 2.75) is 19.9 Å². The number of hydrogen-bond acceptors (Lipinski definition) is 4. The van der Waals surface area contributed by atoms with Crippen LogP contribution in [0.15, 0.2) is 66.0 Å². The quantitative estimate of drug-likeness (QED) is 0.557. The van der Waals surface area contributed by atoms with E-state index in [9.17, 15) is 4.79 Å². The van der Waals surface area contributed by atoms with Crippen molar-refractivity contribution in [2.24, 2.45) is 24.8 Å². The average Bonchev–Trinajstić information content (AvgIpc) is 3.48. The van der Waals surface area contributed by atoms with E-state index < -0.39 is 0 Å². The molecule has 160 valence electrons. The Labute approximate surface area is 181 Å². The summed E-state index contributed by atoms with van der Waals surface area (Å²) < 4.78 is 3.24. The van der Waals surface area contributed by atoms with Gasteiger partial charge in [-0.2, -0.15) is 10.2 Å². The topological polar surface area (TPSA) is 71.2 Å². The number of benzene rings is 1. The molecule has 0 spiro atoms. The van der Waals surface area contributed by atoms with Crippen LogP contribution in [0.25, 0.3) is 16.8 Å². The van der Waals surface area contributed by atoms with Gasteiger partial charge in [0.05, 0.1) is 24.3 Å². The highest BCUT2D eigenvalue weighted by atomic mass is 16.1. The molecule has 1 saturated carbocycles. The first-order chi connectivity index (χ1) is 15.1. The Balaban J connectivity index is 0.000000132. The van der Waals surface area contributed by atoms with Crippen LogP contribution in [0.4, 0.5) is 0 Å². The summed E-state index contributed by atoms with van der Waals surface area (Å²) in [6.07, 6.45) is 8.36. The first kappa shape index (κ1) is 19.8. The molecule has 1 aliphatic carbocycles. The highest BCUT2D eigenvalue weighted by Crippen LogP contribution is 2.45. The van der Waals surface area contributed by atoms with Crippen molar-refractivity contribution in [1.29, 1.82) is 0 Å². The molecule has 1 aromatic carbocycles. The van der Waals surface area contributed by atoms with Gasteiger partial charge < -0.3 is 4.98 Å². The molecule has 4 aromatic rings. The van der Waals surface area contributed by atoms with Gasteiger partial charge in [0.2, 0.25) is 0 Å². The van der Waals surface area contributed by atoms with Crippen LogP contribution >= 0.6 is 0 Å². The fourth-order valence-corrected chi connectivity index (χ4v) is 4.95. The lowest BCUT2D eigenvalue weighted by Crippen LogP contribution is -2.33. The van der Waals surface area contributed by atoms with Crippen LogP contribution in [0, 0.1) is 17.8 Å². The summed E-state index contributed by atoms with van der Waals surface area (Å²) in [5, 5.41) is 8.10. The summed E-state index contributed by atoms with van der Waals surface area (Å²) >= 11 is 0. The van der Waals surface area contributed by atoms with Gasteiger partial charge in [0.15, 0.2) is 0 Å². The van der Waals surface area contributed by atoms with Crippen molar-refractivity contribution >= 4 is 5.52 Å². The molecule has 1 N–H and O–H groups in total. The number of nitrogens with zero attached hydrogens (tertiary/aromatic N) is 5. The maximum absolute atomic E-state index is 11.7. The molecule has 2 fully saturated rings. The van der Waals surface area contributed by atoms with Gasteiger partial charge in [0.1, 0.15) is 5.52 Å². The molecule has 7 nitrogen and oxygen atoms in total. The third kappa shape index (κ3) is 4.05. The molecular formula is C24H28N6O. The van der Waals surface area contributed by atoms with E-state index in [2.05, 4.69) is 57.3 Å². The molecule has 3 atom stereocenters. The minimum absolute atomic E-state index is 0.154. The maximum Gasteiger partial charge on any atom is 0.274 e. The normalized spacial score (nSPS) is 22.6. The minimum atomic E-state index is -0.154. The van der Waals surface area contributed by atoms with Crippen molar-refractivity contribution in [3.8, 4) is 11.3 Å². The Morgan fingerprint density at radius 1 is 1.10 bits per heavy atom. The number of aryl methyl sites for hydroxylation is 1. The molecule has 31 heavy (non-hydrogen) atoms. The SMILES string of the molecule is CC1CC2CN(Cc3ccccc3)CC12.Cn1cc(-c2cn3nccc3c(=O)[nH]2)cn1. The van der Waals surface area contributed by atoms with Gasteiger partial charge in [-0.05, 0) is 35.8 Å². The van der Waals surface area contributed by atoms with E-state index in [0.717, 1.165) is 29.9 Å². The van der Waals surface area contributed by atoms with Crippen LogP contribution < -0.4 is 5.56 Å². The molecule has 2 aliphatic rings. The smallest absolute Gasteiger partial charge is 0.274 e. The van der Waals surface area contributed by atoms with Crippen LogP contribution in [-0.2, 0) is 13.6 Å². The zero-order chi connectivity index (χ0) is 21.4. The molecule has 1 saturated heterocycles. The van der Waals surface area contributed by atoms with E-state index in [-0.39, 0.29) is 5.56 Å². The van der Waals surface area contributed by atoms with Crippen molar-refractivity contribution in [3.63, 3.8) is 0 Å². The lowest BCUT2D eigenvalue weighted by molar-refractivity contribution is 0.139. The largest absolute Gasteiger partial charge is 0.319 e. The zero-order valence-corrected chi connectivity index (χ0v) is 18.0. The van der Waals surface area contributed by atoms with Crippen molar-refractivity contribution < 1.29 is 0 Å². The third-order valence-electron chi connectivity index (χ3n) is 6.64. The predicted octanol–water partition coefficient (Wildman–Crippen LogP) is 3.20. The number of likely N-dealkylation sites (tertiary alicyclic amines) is 1. The van der Waals surface area contributed by atoms with Gasteiger partial charge in [-0.3, -0.25) is 14.4 Å². The number of H-pyrrole nitrogens is 1. The molecule has 7 heteroatoms. The first-order valence-corrected chi connectivity index (χ1v) is 10.9. The number of aromatic amines is 1. The Hall–Kier alpha value is -3.19. The van der Waals surface area contributed by atoms with Gasteiger partial charge in [-0.25, -0.2) is 4.52 Å². The molecule has 3 unspecified atom stereocenters. The van der Waals surface area contributed by atoms with Crippen molar-refractivity contribution in [1.82, 2.24) is 29.3 Å². The van der Waals surface area contributed by atoms with E-state index in [1.165, 1.54) is 25.1 Å². The molecule has 0 bridgehead atoms. The van der Waals surface area contributed by atoms with Gasteiger partial charge in [0.25, 0.3) is 5.56 Å². The maximum atomic E-state index is 11.7. The number of hydrogen-bond donors (Lipinski definition) is 1. The highest BCUT2D eigenvalue weighted by Gasteiger charge is 2.44. The molecule has 6 rings (SSSR count). The molecule has 0 radical (unpaired) electrons. The van der Waals surface area contributed by atoms with Crippen LogP contribution in [0.3, 0.4) is 0 Å². The standard InChI is InChI=1S/C14H19N.C10H9N5O/c1-11-7-13-9-15(10-14(11)13)8-12-5-3-2-4-6-12;1-14-5-7(4-12-14)8-6-15-9(2-3-11-15)10(16)13-8/h2-6,11,13-14H,7-10H2,1H3;2-6H,1H3,(H,13,16). The van der Waals surface area contributed by atoms with Crippen molar-refractivity contribution in [3.05, 3.63) is 77.1 Å². The number of nitrogens with one attached hydrogen (secondary N) is 1. The van der Waals surface area contributed by atoms with Crippen LogP contribution in [-0.4, -0.2) is 42.4 Å². The fourth-order valence-electron chi connectivity index (χ4n) is 4.95. The lowest BCUT2D eigenvalue weighted by atomic mass is 9.68. The summed E-state index contributed by atoms with van der Waals surface area (Å²) in [5.41, 5.74) is 3.41. The summed E-state index contributed by atoms with van der Waals surface area (Å²) in [5.74, 6) is 3.01. The minimum Gasteiger partial charge on any atom is -0.319 e. The highest BCUT2D eigenvalue weighted by molar-refractivity contribution is 5.58. The Bertz CT molecular complexity index is 1220. The second-order valence-electron chi connectivity index (χ2n) is 8.88. The predicted molar refractivity (Wildman–Crippen MR) is 120 cm³/mol. The second kappa shape index (κ2) is 8.15. The Kier molecular flexibility index (Phi) is 5.19. The second-order valence-corrected chi connectivity index (χ2v) is 8.88. The molecule has 1 aliphatic heterocycles. The van der Waals surface area contributed by atoms with Crippen molar-refractivity contribution in [2.75, 3.05) is 13.1 Å². The van der Waals surface area contributed by atoms with E-state index >= 15 is 0 Å². The summed E-state index contributed by atoms with van der Waals surface area (Å²) in [6.45, 7) is 6.23. The summed E-state index contributed by atoms with van der Waals surface area (Å²) in [4.78, 5) is 17.1. The van der Waals surface area contributed by atoms with E-state index in [4.69, 9.17) is 0 Å². The van der Waals surface area contributed by atoms with Crippen LogP contribution in [0.2, 0.25) is 0 Å². The van der Waals surface area contributed by atoms with E-state index in [1.54, 1.807) is 33.9 Å². The third-order valence-corrected chi connectivity index (χ3v) is 6.64. The van der Waals surface area contributed by atoms with E-state index in [0.29, 0.717) is 11.2 Å². The number of fused-ring (bicyclic) bond motifs is 2. The molecular weight excluding hydrogens is 388 g/mol. The van der Waals surface area contributed by atoms with Gasteiger partial charge >= 0.3 is 0 Å². The average molecular weight is 417 g/mol. The van der Waals surface area contributed by atoms with Gasteiger partial charge in [-0.15, -0.1) is 0 Å². The molecule has 3 aromatic heterocycles. The fraction of sp³-hybridized carbons (Fsp3) is 0.375. The number of rotatable bonds is 3. The molecule has 4 heterocycles. The zero-order valence-electron chi connectivity index (χ0n) is 18.0. The Morgan fingerprint density at radius 3 is 2.65 bits per heavy atom. The lowest BCUT2D eigenvalue weighted by Gasteiger charge is -2.36. The monoisotopic (exact) mass is 416 g/mol. The summed E-state index contributed by atoms with van der Waals surface area (Å²) in [7, 11) is 1.83. The van der Waals surface area contributed by atoms with E-state index in [1.807, 2.05) is 13.2 Å². The first-order valence-electron chi connectivity index (χ1n) is 10.9. The van der Waals surface area contributed by atoms with Crippen LogP contribution in [0.1, 0.15) is 18.9 Å². The van der Waals surface area contributed by atoms with Crippen LogP contribution in [0.5, 0.6) is 0 Å². The van der Waals surface area contributed by atoms with Gasteiger partial charge in [-0.1, -0.05) is 37.3 Å².